The van der Waals surface area contributed by atoms with Gasteiger partial charge in [0.25, 0.3) is 0 Å². The molecule has 3 heterocycles. The number of nitrogens with two attached hydrogens (primary N) is 1. The topological polar surface area (TPSA) is 75.8 Å². The van der Waals surface area contributed by atoms with Crippen LogP contribution in [0.2, 0.25) is 0 Å². The summed E-state index contributed by atoms with van der Waals surface area (Å²) in [4.78, 5) is 14.6. The lowest BCUT2D eigenvalue weighted by atomic mass is 9.67. The van der Waals surface area contributed by atoms with Crippen LogP contribution in [-0.4, -0.2) is 59.8 Å². The van der Waals surface area contributed by atoms with Crippen LogP contribution >= 0.6 is 0 Å². The molecule has 0 saturated carbocycles. The molecule has 3 rings (SSSR count). The van der Waals surface area contributed by atoms with Crippen molar-refractivity contribution in [3.8, 4) is 0 Å². The number of ether oxygens (including phenoxy) is 1. The highest BCUT2D eigenvalue weighted by Gasteiger charge is 2.58. The number of Topliss-reactive ketones (excluding diaryl/α,β-unsaturated/α-hetero) is 1. The SMILES string of the molecule is COC[C@]1(CO)C(=O)[C@H]2CCN1[C@H](C(C)(C)N)C2. The maximum absolute atomic E-state index is 12.5. The molecule has 104 valence electrons. The van der Waals surface area contributed by atoms with Crippen LogP contribution in [0.1, 0.15) is 26.7 Å². The minimum Gasteiger partial charge on any atom is -0.394 e. The van der Waals surface area contributed by atoms with E-state index in [2.05, 4.69) is 4.90 Å². The van der Waals surface area contributed by atoms with Crippen molar-refractivity contribution in [2.75, 3.05) is 26.9 Å². The highest BCUT2D eigenvalue weighted by Crippen LogP contribution is 2.42. The van der Waals surface area contributed by atoms with Crippen molar-refractivity contribution in [2.45, 2.75) is 43.8 Å². The average molecular weight is 256 g/mol. The van der Waals surface area contributed by atoms with Crippen LogP contribution in [0, 0.1) is 5.92 Å². The molecule has 0 spiro atoms. The lowest BCUT2D eigenvalue weighted by Crippen LogP contribution is -2.76. The highest BCUT2D eigenvalue weighted by atomic mass is 16.5. The van der Waals surface area contributed by atoms with Crippen molar-refractivity contribution in [3.63, 3.8) is 0 Å². The zero-order valence-corrected chi connectivity index (χ0v) is 11.5. The third-order valence-electron chi connectivity index (χ3n) is 4.49. The number of piperidine rings is 3. The number of hydrogen-bond acceptors (Lipinski definition) is 5. The maximum Gasteiger partial charge on any atom is 0.161 e. The molecule has 0 aromatic carbocycles. The summed E-state index contributed by atoms with van der Waals surface area (Å²) in [6, 6.07) is 0.122. The van der Waals surface area contributed by atoms with Crippen LogP contribution in [0.3, 0.4) is 0 Å². The normalized spacial score (nSPS) is 40.3. The van der Waals surface area contributed by atoms with Crippen molar-refractivity contribution >= 4 is 5.78 Å². The first-order valence-corrected chi connectivity index (χ1v) is 6.56. The van der Waals surface area contributed by atoms with Gasteiger partial charge in [-0.2, -0.15) is 0 Å². The van der Waals surface area contributed by atoms with E-state index in [0.29, 0.717) is 0 Å². The molecule has 5 heteroatoms. The Labute approximate surface area is 108 Å². The average Bonchev–Trinajstić information content (AvgIpc) is 2.32. The van der Waals surface area contributed by atoms with Crippen LogP contribution in [0.4, 0.5) is 0 Å². The number of aliphatic hydroxyl groups excluding tert-OH is 1. The molecule has 0 aliphatic carbocycles. The van der Waals surface area contributed by atoms with Gasteiger partial charge in [0.15, 0.2) is 5.78 Å². The van der Waals surface area contributed by atoms with Gasteiger partial charge in [-0.1, -0.05) is 0 Å². The molecular weight excluding hydrogens is 232 g/mol. The Bertz CT molecular complexity index is 340. The Kier molecular flexibility index (Phi) is 3.53. The van der Waals surface area contributed by atoms with Crippen LogP contribution in [0.5, 0.6) is 0 Å². The zero-order chi connectivity index (χ0) is 13.6. The minimum absolute atomic E-state index is 0.0186. The Balaban J connectivity index is 2.37. The fraction of sp³-hybridized carbons (Fsp3) is 0.923. The Morgan fingerprint density at radius 1 is 1.61 bits per heavy atom. The van der Waals surface area contributed by atoms with Gasteiger partial charge in [0.2, 0.25) is 0 Å². The molecule has 5 nitrogen and oxygen atoms in total. The van der Waals surface area contributed by atoms with E-state index in [9.17, 15) is 9.90 Å². The van der Waals surface area contributed by atoms with Gasteiger partial charge in [-0.3, -0.25) is 9.69 Å². The van der Waals surface area contributed by atoms with Gasteiger partial charge in [0.1, 0.15) is 5.54 Å². The molecule has 0 aromatic heterocycles. The van der Waals surface area contributed by atoms with Gasteiger partial charge in [-0.15, -0.1) is 0 Å². The number of carbonyl (C=O) groups excluding carboxylic acids is 1. The van der Waals surface area contributed by atoms with Crippen LogP contribution in [0.15, 0.2) is 0 Å². The molecule has 18 heavy (non-hydrogen) atoms. The molecule has 0 amide bonds. The van der Waals surface area contributed by atoms with Gasteiger partial charge in [0, 0.05) is 31.2 Å². The number of aliphatic hydroxyl groups is 1. The summed E-state index contributed by atoms with van der Waals surface area (Å²) >= 11 is 0. The van der Waals surface area contributed by atoms with E-state index in [1.807, 2.05) is 13.8 Å². The molecule has 0 radical (unpaired) electrons. The quantitative estimate of drug-likeness (QED) is 0.726. The number of hydrogen-bond donors (Lipinski definition) is 2. The van der Waals surface area contributed by atoms with Gasteiger partial charge in [-0.25, -0.2) is 0 Å². The molecule has 3 saturated heterocycles. The number of carbonyl (C=O) groups is 1. The second-order valence-corrected chi connectivity index (χ2v) is 6.24. The van der Waals surface area contributed by atoms with Crippen molar-refractivity contribution in [1.29, 1.82) is 0 Å². The van der Waals surface area contributed by atoms with Gasteiger partial charge in [-0.05, 0) is 26.7 Å². The Morgan fingerprint density at radius 2 is 2.28 bits per heavy atom. The Hall–Kier alpha value is -0.490. The molecule has 1 unspecified atom stereocenters. The van der Waals surface area contributed by atoms with E-state index in [4.69, 9.17) is 10.5 Å². The van der Waals surface area contributed by atoms with E-state index in [1.165, 1.54) is 0 Å². The number of fused-ring (bicyclic) bond motifs is 3. The number of methoxy groups -OCH3 is 1. The lowest BCUT2D eigenvalue weighted by molar-refractivity contribution is -0.169. The van der Waals surface area contributed by atoms with E-state index >= 15 is 0 Å². The Morgan fingerprint density at radius 3 is 2.78 bits per heavy atom. The van der Waals surface area contributed by atoms with Crippen LogP contribution < -0.4 is 5.73 Å². The summed E-state index contributed by atoms with van der Waals surface area (Å²) in [5, 5.41) is 9.77. The van der Waals surface area contributed by atoms with E-state index in [0.717, 1.165) is 19.4 Å². The molecule has 0 aromatic rings. The minimum atomic E-state index is -0.878. The smallest absolute Gasteiger partial charge is 0.161 e. The predicted molar refractivity (Wildman–Crippen MR) is 68.2 cm³/mol. The maximum atomic E-state index is 12.5. The van der Waals surface area contributed by atoms with E-state index in [1.54, 1.807) is 7.11 Å². The number of rotatable bonds is 4. The molecule has 3 aliphatic rings. The van der Waals surface area contributed by atoms with Crippen LogP contribution in [0.25, 0.3) is 0 Å². The molecule has 2 bridgehead atoms. The molecule has 3 aliphatic heterocycles. The molecular formula is C13H24N2O3. The number of ketones is 1. The molecule has 3 fully saturated rings. The fourth-order valence-corrected chi connectivity index (χ4v) is 3.55. The first kappa shape index (κ1) is 13.9. The monoisotopic (exact) mass is 256 g/mol. The van der Waals surface area contributed by atoms with Crippen molar-refractivity contribution in [3.05, 3.63) is 0 Å². The predicted octanol–water partition coefficient (Wildman–Crippen LogP) is -0.235. The third-order valence-corrected chi connectivity index (χ3v) is 4.49. The van der Waals surface area contributed by atoms with Crippen LogP contribution in [-0.2, 0) is 9.53 Å². The second kappa shape index (κ2) is 4.56. The summed E-state index contributed by atoms with van der Waals surface area (Å²) in [5.74, 6) is 0.142. The fourth-order valence-electron chi connectivity index (χ4n) is 3.55. The van der Waals surface area contributed by atoms with Gasteiger partial charge >= 0.3 is 0 Å². The first-order chi connectivity index (χ1) is 8.36. The lowest BCUT2D eigenvalue weighted by Gasteiger charge is -2.58. The standard InChI is InChI=1S/C13H24N2O3/c1-12(2,14)10-6-9-4-5-15(10)13(7-16,8-18-3)11(9)17/h9-10,16H,4-8,14H2,1-3H3/t9-,10-,13+/m0/s1. The highest BCUT2D eigenvalue weighted by molar-refractivity contribution is 5.92. The third kappa shape index (κ3) is 1.90. The van der Waals surface area contributed by atoms with Crippen molar-refractivity contribution < 1.29 is 14.6 Å². The summed E-state index contributed by atoms with van der Waals surface area (Å²) in [6.07, 6.45) is 1.67. The molecule has 3 N–H and O–H groups in total. The first-order valence-electron chi connectivity index (χ1n) is 6.56. The molecule has 4 atom stereocenters. The zero-order valence-electron chi connectivity index (χ0n) is 11.5. The second-order valence-electron chi connectivity index (χ2n) is 6.24. The summed E-state index contributed by atoms with van der Waals surface area (Å²) in [5.41, 5.74) is 4.98. The van der Waals surface area contributed by atoms with Gasteiger partial charge in [0.05, 0.1) is 13.2 Å². The van der Waals surface area contributed by atoms with Crippen molar-refractivity contribution in [1.82, 2.24) is 4.90 Å². The van der Waals surface area contributed by atoms with E-state index < -0.39 is 5.54 Å². The summed E-state index contributed by atoms with van der Waals surface area (Å²) in [6.45, 7) is 4.83. The summed E-state index contributed by atoms with van der Waals surface area (Å²) in [7, 11) is 1.57. The number of nitrogens with zero attached hydrogens (tertiary/aromatic N) is 1. The largest absolute Gasteiger partial charge is 0.394 e. The summed E-state index contributed by atoms with van der Waals surface area (Å²) < 4.78 is 5.20. The van der Waals surface area contributed by atoms with Crippen molar-refractivity contribution in [2.24, 2.45) is 11.7 Å². The van der Waals surface area contributed by atoms with Gasteiger partial charge < -0.3 is 15.6 Å². The van der Waals surface area contributed by atoms with E-state index in [-0.39, 0.29) is 36.5 Å².